The first-order valence-electron chi connectivity index (χ1n) is 9.70. The van der Waals surface area contributed by atoms with Crippen LogP contribution in [0, 0.1) is 0 Å². The van der Waals surface area contributed by atoms with Gasteiger partial charge in [-0.25, -0.2) is 0 Å². The highest BCUT2D eigenvalue weighted by molar-refractivity contribution is 5.94. The van der Waals surface area contributed by atoms with E-state index in [2.05, 4.69) is 34.1 Å². The summed E-state index contributed by atoms with van der Waals surface area (Å²) < 4.78 is 6.08. The molecule has 1 saturated heterocycles. The maximum atomic E-state index is 12.6. The summed E-state index contributed by atoms with van der Waals surface area (Å²) in [6.45, 7) is 3.68. The molecule has 0 spiro atoms. The van der Waals surface area contributed by atoms with Gasteiger partial charge in [0.2, 0.25) is 0 Å². The fourth-order valence-corrected chi connectivity index (χ4v) is 3.66. The molecule has 0 radical (unpaired) electrons. The average Bonchev–Trinajstić information content (AvgIpc) is 3.30. The number of nitrogens with one attached hydrogen (secondary N) is 1. The number of benzene rings is 2. The summed E-state index contributed by atoms with van der Waals surface area (Å²) in [6, 6.07) is 22.4. The molecular weight excluding hydrogens is 350 g/mol. The zero-order valence-corrected chi connectivity index (χ0v) is 15.8. The van der Waals surface area contributed by atoms with Crippen molar-refractivity contribution in [2.75, 3.05) is 32.8 Å². The highest BCUT2D eigenvalue weighted by atomic mass is 16.5. The Morgan fingerprint density at radius 2 is 1.61 bits per heavy atom. The van der Waals surface area contributed by atoms with Crippen LogP contribution in [0.5, 0.6) is 5.75 Å². The van der Waals surface area contributed by atoms with Gasteiger partial charge in [0.25, 0.3) is 5.91 Å². The summed E-state index contributed by atoms with van der Waals surface area (Å²) in [7, 11) is 0. The molecule has 1 amide bonds. The summed E-state index contributed by atoms with van der Waals surface area (Å²) in [6.07, 6.45) is 3.55. The van der Waals surface area contributed by atoms with E-state index < -0.39 is 0 Å². The van der Waals surface area contributed by atoms with Gasteiger partial charge in [0, 0.05) is 38.6 Å². The highest BCUT2D eigenvalue weighted by Crippen LogP contribution is 2.24. The van der Waals surface area contributed by atoms with Crippen molar-refractivity contribution in [3.8, 4) is 5.75 Å². The Labute approximate surface area is 165 Å². The van der Waals surface area contributed by atoms with E-state index in [1.807, 2.05) is 47.4 Å². The molecule has 2 heterocycles. The number of ether oxygens (including phenoxy) is 1. The maximum absolute atomic E-state index is 12.6. The smallest absolute Gasteiger partial charge is 0.255 e. The van der Waals surface area contributed by atoms with Gasteiger partial charge in [0.1, 0.15) is 12.4 Å². The largest absolute Gasteiger partial charge is 0.492 e. The zero-order valence-electron chi connectivity index (χ0n) is 15.8. The van der Waals surface area contributed by atoms with Crippen molar-refractivity contribution in [3.05, 3.63) is 90.3 Å². The van der Waals surface area contributed by atoms with Gasteiger partial charge in [-0.2, -0.15) is 0 Å². The number of carbonyl (C=O) groups is 1. The van der Waals surface area contributed by atoms with Crippen LogP contribution in [0.1, 0.15) is 22.0 Å². The third-order valence-electron chi connectivity index (χ3n) is 5.22. The first-order chi connectivity index (χ1) is 13.8. The number of aromatic amines is 1. The van der Waals surface area contributed by atoms with Gasteiger partial charge in [-0.05, 0) is 23.8 Å². The number of rotatable bonds is 6. The molecule has 0 aliphatic carbocycles. The Hall–Kier alpha value is -3.05. The van der Waals surface area contributed by atoms with Crippen LogP contribution in [0.2, 0.25) is 0 Å². The molecule has 1 atom stereocenters. The minimum Gasteiger partial charge on any atom is -0.492 e. The highest BCUT2D eigenvalue weighted by Gasteiger charge is 2.28. The molecule has 0 saturated carbocycles. The van der Waals surface area contributed by atoms with E-state index in [-0.39, 0.29) is 11.9 Å². The molecule has 1 aromatic heterocycles. The third-order valence-corrected chi connectivity index (χ3v) is 5.22. The quantitative estimate of drug-likeness (QED) is 0.716. The zero-order chi connectivity index (χ0) is 19.2. The van der Waals surface area contributed by atoms with Crippen LogP contribution < -0.4 is 4.74 Å². The van der Waals surface area contributed by atoms with Crippen LogP contribution in [0.25, 0.3) is 0 Å². The predicted molar refractivity (Wildman–Crippen MR) is 109 cm³/mol. The fraction of sp³-hybridized carbons (Fsp3) is 0.261. The van der Waals surface area contributed by atoms with Crippen LogP contribution in [-0.4, -0.2) is 53.5 Å². The fourth-order valence-electron chi connectivity index (χ4n) is 3.66. The van der Waals surface area contributed by atoms with Gasteiger partial charge in [-0.15, -0.1) is 0 Å². The van der Waals surface area contributed by atoms with Crippen molar-refractivity contribution in [2.45, 2.75) is 6.04 Å². The van der Waals surface area contributed by atoms with Crippen LogP contribution in [-0.2, 0) is 0 Å². The number of hydrogen-bond donors (Lipinski definition) is 1. The molecule has 1 N–H and O–H groups in total. The summed E-state index contributed by atoms with van der Waals surface area (Å²) in [4.78, 5) is 19.9. The normalized spacial score (nSPS) is 15.9. The molecule has 1 unspecified atom stereocenters. The van der Waals surface area contributed by atoms with E-state index in [0.717, 1.165) is 37.5 Å². The monoisotopic (exact) mass is 375 g/mol. The van der Waals surface area contributed by atoms with Crippen molar-refractivity contribution in [2.24, 2.45) is 0 Å². The number of nitrogens with zero attached hydrogens (tertiary/aromatic N) is 2. The minimum absolute atomic E-state index is 0.0951. The van der Waals surface area contributed by atoms with Crippen molar-refractivity contribution < 1.29 is 9.53 Å². The van der Waals surface area contributed by atoms with E-state index in [0.29, 0.717) is 6.61 Å². The number of piperazine rings is 1. The lowest BCUT2D eigenvalue weighted by atomic mass is 10.0. The lowest BCUT2D eigenvalue weighted by Gasteiger charge is -2.39. The molecule has 5 heteroatoms. The van der Waals surface area contributed by atoms with Gasteiger partial charge in [0.05, 0.1) is 11.6 Å². The molecule has 4 rings (SSSR count). The number of para-hydroxylation sites is 1. The van der Waals surface area contributed by atoms with Gasteiger partial charge >= 0.3 is 0 Å². The molecule has 1 fully saturated rings. The van der Waals surface area contributed by atoms with E-state index in [1.165, 1.54) is 5.56 Å². The van der Waals surface area contributed by atoms with E-state index >= 15 is 0 Å². The number of amides is 1. The maximum Gasteiger partial charge on any atom is 0.255 e. The Bertz CT molecular complexity index is 857. The van der Waals surface area contributed by atoms with Gasteiger partial charge in [-0.3, -0.25) is 9.69 Å². The molecule has 3 aromatic rings. The van der Waals surface area contributed by atoms with Crippen LogP contribution in [0.3, 0.4) is 0 Å². The molecule has 0 bridgehead atoms. The molecule has 1 aliphatic heterocycles. The second-order valence-corrected chi connectivity index (χ2v) is 6.98. The molecule has 1 aliphatic rings. The number of H-pyrrole nitrogens is 1. The number of carbonyl (C=O) groups excluding carboxylic acids is 1. The van der Waals surface area contributed by atoms with Crippen LogP contribution in [0.4, 0.5) is 0 Å². The van der Waals surface area contributed by atoms with Gasteiger partial charge < -0.3 is 14.6 Å². The van der Waals surface area contributed by atoms with Gasteiger partial charge in [-0.1, -0.05) is 48.5 Å². The van der Waals surface area contributed by atoms with E-state index in [9.17, 15) is 4.79 Å². The van der Waals surface area contributed by atoms with Crippen molar-refractivity contribution in [3.63, 3.8) is 0 Å². The molecular formula is C23H25N3O2. The summed E-state index contributed by atoms with van der Waals surface area (Å²) in [5.41, 5.74) is 1.96. The van der Waals surface area contributed by atoms with Crippen molar-refractivity contribution in [1.82, 2.24) is 14.8 Å². The van der Waals surface area contributed by atoms with E-state index in [4.69, 9.17) is 4.74 Å². The first kappa shape index (κ1) is 18.3. The second-order valence-electron chi connectivity index (χ2n) is 6.98. The molecule has 2 aromatic carbocycles. The van der Waals surface area contributed by atoms with Crippen molar-refractivity contribution >= 4 is 5.91 Å². The molecule has 144 valence electrons. The van der Waals surface area contributed by atoms with Crippen LogP contribution in [0.15, 0.2) is 79.1 Å². The first-order valence-corrected chi connectivity index (χ1v) is 9.70. The second kappa shape index (κ2) is 8.76. The molecule has 5 nitrogen and oxygen atoms in total. The lowest BCUT2D eigenvalue weighted by molar-refractivity contribution is 0.0499. The topological polar surface area (TPSA) is 48.6 Å². The lowest BCUT2D eigenvalue weighted by Crippen LogP contribution is -2.50. The average molecular weight is 375 g/mol. The number of aromatic nitrogens is 1. The minimum atomic E-state index is 0.0951. The Balaban J connectivity index is 1.43. The van der Waals surface area contributed by atoms with Crippen LogP contribution >= 0.6 is 0 Å². The summed E-state index contributed by atoms with van der Waals surface area (Å²) in [5, 5.41) is 0. The Morgan fingerprint density at radius 1 is 0.929 bits per heavy atom. The Morgan fingerprint density at radius 3 is 2.25 bits per heavy atom. The number of hydrogen-bond acceptors (Lipinski definition) is 3. The summed E-state index contributed by atoms with van der Waals surface area (Å²) >= 11 is 0. The Kier molecular flexibility index (Phi) is 5.73. The SMILES string of the molecule is O=C(c1cc[nH]c1)N1CCN(C(COc2ccccc2)c2ccccc2)CC1. The van der Waals surface area contributed by atoms with Gasteiger partial charge in [0.15, 0.2) is 0 Å². The standard InChI is InChI=1S/C23H25N3O2/c27-23(20-11-12-24-17-20)26-15-13-25(14-16-26)22(19-7-3-1-4-8-19)18-28-21-9-5-2-6-10-21/h1-12,17,22,24H,13-16,18H2. The third kappa shape index (κ3) is 4.26. The van der Waals surface area contributed by atoms with Crippen molar-refractivity contribution in [1.29, 1.82) is 0 Å². The molecule has 28 heavy (non-hydrogen) atoms. The van der Waals surface area contributed by atoms with E-state index in [1.54, 1.807) is 12.4 Å². The summed E-state index contributed by atoms with van der Waals surface area (Å²) in [5.74, 6) is 0.974. The predicted octanol–water partition coefficient (Wildman–Crippen LogP) is 3.59.